The van der Waals surface area contributed by atoms with E-state index in [1.807, 2.05) is 0 Å². The second-order valence-electron chi connectivity index (χ2n) is 5.32. The smallest absolute Gasteiger partial charge is 0.441 e. The lowest BCUT2D eigenvalue weighted by molar-refractivity contribution is -0.157. The van der Waals surface area contributed by atoms with Crippen LogP contribution in [0.3, 0.4) is 0 Å². The molecule has 0 radical (unpaired) electrons. The number of pyridine rings is 2. The van der Waals surface area contributed by atoms with Gasteiger partial charge in [0.1, 0.15) is 12.1 Å². The number of halogens is 3. The largest absolute Gasteiger partial charge is 0.468 e. The third kappa shape index (κ3) is 4.51. The highest BCUT2D eigenvalue weighted by Gasteiger charge is 2.37. The molecule has 0 bridgehead atoms. The first-order valence-electron chi connectivity index (χ1n) is 7.56. The van der Waals surface area contributed by atoms with Crippen LogP contribution in [0.5, 0.6) is 0 Å². The first-order chi connectivity index (χ1) is 12.8. The van der Waals surface area contributed by atoms with Crippen molar-refractivity contribution in [1.82, 2.24) is 15.0 Å². The van der Waals surface area contributed by atoms with Crippen molar-refractivity contribution in [2.75, 3.05) is 16.4 Å². The van der Waals surface area contributed by atoms with Gasteiger partial charge in [0.25, 0.3) is 5.91 Å². The molecule has 0 unspecified atom stereocenters. The van der Waals surface area contributed by atoms with Gasteiger partial charge < -0.3 is 20.8 Å². The van der Waals surface area contributed by atoms with E-state index in [0.717, 1.165) is 0 Å². The Kier molecular flexibility index (Phi) is 4.92. The van der Waals surface area contributed by atoms with Crippen molar-refractivity contribution in [2.45, 2.75) is 12.7 Å². The molecule has 0 saturated heterocycles. The minimum atomic E-state index is -4.76. The highest BCUT2D eigenvalue weighted by molar-refractivity contribution is 6.02. The van der Waals surface area contributed by atoms with Gasteiger partial charge >= 0.3 is 12.1 Å². The lowest BCUT2D eigenvalue weighted by Crippen LogP contribution is -2.14. The van der Waals surface area contributed by atoms with Gasteiger partial charge in [-0.1, -0.05) is 0 Å². The molecule has 8 nitrogen and oxygen atoms in total. The predicted octanol–water partition coefficient (Wildman–Crippen LogP) is 2.93. The summed E-state index contributed by atoms with van der Waals surface area (Å²) in [7, 11) is 0. The molecular weight excluding hydrogens is 365 g/mol. The third-order valence-electron chi connectivity index (χ3n) is 3.35. The van der Waals surface area contributed by atoms with Crippen LogP contribution in [0.2, 0.25) is 0 Å². The molecule has 0 spiro atoms. The average Bonchev–Trinajstić information content (AvgIpc) is 3.12. The normalized spacial score (nSPS) is 11.2. The second kappa shape index (κ2) is 7.32. The van der Waals surface area contributed by atoms with Crippen LogP contribution in [0.15, 0.2) is 47.3 Å². The quantitative estimate of drug-likeness (QED) is 0.624. The number of hydrogen-bond acceptors (Lipinski definition) is 7. The van der Waals surface area contributed by atoms with E-state index in [-0.39, 0.29) is 0 Å². The molecule has 140 valence electrons. The number of carbonyl (C=O) groups is 1. The number of aromatic nitrogens is 3. The number of rotatable bonds is 5. The van der Waals surface area contributed by atoms with Gasteiger partial charge in [0.05, 0.1) is 17.9 Å². The Hall–Kier alpha value is -3.63. The Morgan fingerprint density at radius 3 is 2.74 bits per heavy atom. The highest BCUT2D eigenvalue weighted by Crippen LogP contribution is 2.28. The molecule has 4 N–H and O–H groups in total. The standard InChI is InChI=1S/C16H13F3N6O2/c17-16(18,19)15-25-12(8-27-15)14(26)24-9-3-5-21-10(6-9)7-23-11-2-1-4-22-13(11)20/h1-6,8,23H,7H2,(H2,20,22)(H,21,24,26). The van der Waals surface area contributed by atoms with Gasteiger partial charge in [-0.25, -0.2) is 9.97 Å². The van der Waals surface area contributed by atoms with Crippen LogP contribution in [0.1, 0.15) is 22.1 Å². The Labute approximate surface area is 150 Å². The summed E-state index contributed by atoms with van der Waals surface area (Å²) >= 11 is 0. The lowest BCUT2D eigenvalue weighted by atomic mass is 10.3. The summed E-state index contributed by atoms with van der Waals surface area (Å²) in [5, 5.41) is 5.49. The fourth-order valence-electron chi connectivity index (χ4n) is 2.11. The molecule has 0 atom stereocenters. The Morgan fingerprint density at radius 1 is 1.22 bits per heavy atom. The monoisotopic (exact) mass is 378 g/mol. The van der Waals surface area contributed by atoms with Crippen LogP contribution in [-0.4, -0.2) is 20.9 Å². The zero-order valence-electron chi connectivity index (χ0n) is 13.6. The summed E-state index contributed by atoms with van der Waals surface area (Å²) < 4.78 is 41.7. The van der Waals surface area contributed by atoms with E-state index in [9.17, 15) is 18.0 Å². The topological polar surface area (TPSA) is 119 Å². The number of nitrogens with zero attached hydrogens (tertiary/aromatic N) is 3. The van der Waals surface area contributed by atoms with E-state index in [2.05, 4.69) is 30.0 Å². The van der Waals surface area contributed by atoms with Gasteiger partial charge in [-0.3, -0.25) is 9.78 Å². The molecule has 3 rings (SSSR count). The molecule has 3 aromatic heterocycles. The fourth-order valence-corrected chi connectivity index (χ4v) is 2.11. The number of carbonyl (C=O) groups excluding carboxylic acids is 1. The maximum atomic E-state index is 12.5. The van der Waals surface area contributed by atoms with Crippen molar-refractivity contribution in [1.29, 1.82) is 0 Å². The van der Waals surface area contributed by atoms with Gasteiger partial charge in [-0.15, -0.1) is 0 Å². The number of nitrogen functional groups attached to an aromatic ring is 1. The first kappa shape index (κ1) is 18.2. The lowest BCUT2D eigenvalue weighted by Gasteiger charge is -2.09. The first-order valence-corrected chi connectivity index (χ1v) is 7.56. The van der Waals surface area contributed by atoms with Crippen LogP contribution >= 0.6 is 0 Å². The minimum Gasteiger partial charge on any atom is -0.441 e. The summed E-state index contributed by atoms with van der Waals surface area (Å²) in [4.78, 5) is 23.2. The zero-order valence-corrected chi connectivity index (χ0v) is 13.6. The number of amides is 1. The van der Waals surface area contributed by atoms with E-state index in [4.69, 9.17) is 5.73 Å². The summed E-state index contributed by atoms with van der Waals surface area (Å²) in [6.07, 6.45) is -1.11. The number of anilines is 3. The van der Waals surface area contributed by atoms with Gasteiger partial charge in [0.15, 0.2) is 5.69 Å². The molecule has 27 heavy (non-hydrogen) atoms. The molecule has 0 aliphatic heterocycles. The highest BCUT2D eigenvalue weighted by atomic mass is 19.4. The maximum Gasteiger partial charge on any atom is 0.468 e. The van der Waals surface area contributed by atoms with Crippen LogP contribution < -0.4 is 16.4 Å². The van der Waals surface area contributed by atoms with E-state index in [1.165, 1.54) is 12.3 Å². The van der Waals surface area contributed by atoms with Gasteiger partial charge in [0.2, 0.25) is 0 Å². The number of oxazole rings is 1. The van der Waals surface area contributed by atoms with Crippen LogP contribution in [0.25, 0.3) is 0 Å². The molecule has 3 aromatic rings. The zero-order chi connectivity index (χ0) is 19.4. The Balaban J connectivity index is 1.66. The second-order valence-corrected chi connectivity index (χ2v) is 5.32. The summed E-state index contributed by atoms with van der Waals surface area (Å²) in [5.74, 6) is -1.99. The van der Waals surface area contributed by atoms with Gasteiger partial charge in [0, 0.05) is 18.1 Å². The van der Waals surface area contributed by atoms with E-state index < -0.39 is 23.7 Å². The summed E-state index contributed by atoms with van der Waals surface area (Å²) in [5.41, 5.74) is 6.77. The molecular formula is C16H13F3N6O2. The van der Waals surface area contributed by atoms with Crippen LogP contribution in [0.4, 0.5) is 30.4 Å². The SMILES string of the molecule is Nc1ncccc1NCc1cc(NC(=O)c2coc(C(F)(F)F)n2)ccn1. The minimum absolute atomic E-state index is 0.293. The predicted molar refractivity (Wildman–Crippen MR) is 89.7 cm³/mol. The molecule has 3 heterocycles. The Morgan fingerprint density at radius 2 is 2.04 bits per heavy atom. The molecule has 1 amide bonds. The molecule has 11 heteroatoms. The third-order valence-corrected chi connectivity index (χ3v) is 3.35. The number of hydrogen-bond donors (Lipinski definition) is 3. The number of nitrogens with one attached hydrogen (secondary N) is 2. The van der Waals surface area contributed by atoms with Gasteiger partial charge in [-0.05, 0) is 24.3 Å². The van der Waals surface area contributed by atoms with Crippen molar-refractivity contribution in [3.63, 3.8) is 0 Å². The molecule has 0 saturated carbocycles. The van der Waals surface area contributed by atoms with Gasteiger partial charge in [-0.2, -0.15) is 13.2 Å². The van der Waals surface area contributed by atoms with E-state index in [0.29, 0.717) is 35.7 Å². The fraction of sp³-hybridized carbons (Fsp3) is 0.125. The van der Waals surface area contributed by atoms with E-state index >= 15 is 0 Å². The van der Waals surface area contributed by atoms with Crippen molar-refractivity contribution in [3.05, 3.63) is 60.2 Å². The van der Waals surface area contributed by atoms with Crippen molar-refractivity contribution >= 4 is 23.1 Å². The maximum absolute atomic E-state index is 12.5. The summed E-state index contributed by atoms with van der Waals surface area (Å²) in [6.45, 7) is 0.293. The van der Waals surface area contributed by atoms with Crippen molar-refractivity contribution in [2.24, 2.45) is 0 Å². The number of alkyl halides is 3. The Bertz CT molecular complexity index is 957. The van der Waals surface area contributed by atoms with E-state index in [1.54, 1.807) is 24.4 Å². The molecule has 0 aliphatic carbocycles. The molecule has 0 fully saturated rings. The summed E-state index contributed by atoms with van der Waals surface area (Å²) in [6, 6.07) is 6.51. The van der Waals surface area contributed by atoms with Crippen LogP contribution in [-0.2, 0) is 12.7 Å². The number of nitrogens with two attached hydrogens (primary N) is 1. The van der Waals surface area contributed by atoms with Crippen molar-refractivity contribution < 1.29 is 22.4 Å². The molecule has 0 aliphatic rings. The van der Waals surface area contributed by atoms with Crippen molar-refractivity contribution in [3.8, 4) is 0 Å². The molecule has 0 aromatic carbocycles. The average molecular weight is 378 g/mol. The van der Waals surface area contributed by atoms with Crippen LogP contribution in [0, 0.1) is 0 Å².